The second kappa shape index (κ2) is 8.79. The van der Waals surface area contributed by atoms with Crippen molar-refractivity contribution in [2.75, 3.05) is 13.2 Å². The van der Waals surface area contributed by atoms with E-state index in [0.717, 1.165) is 12.8 Å². The van der Waals surface area contributed by atoms with Crippen molar-refractivity contribution in [1.29, 1.82) is 0 Å². The Bertz CT molecular complexity index is 534. The lowest BCUT2D eigenvalue weighted by Gasteiger charge is -2.07. The van der Waals surface area contributed by atoms with Crippen LogP contribution in [0.3, 0.4) is 0 Å². The summed E-state index contributed by atoms with van der Waals surface area (Å²) in [5.74, 6) is 0.394. The zero-order chi connectivity index (χ0) is 15.7. The van der Waals surface area contributed by atoms with Crippen molar-refractivity contribution in [2.24, 2.45) is 0 Å². The van der Waals surface area contributed by atoms with E-state index in [0.29, 0.717) is 25.2 Å². The maximum atomic E-state index is 11.9. The standard InChI is InChI=1S/C15H22O5S/c1-3-5-11-19-14-7-9-15(10-8-14)21(17,18)20-12-13(16)6-4-2/h7-10H,3-6,11-12H2,1-2H3. The molecule has 0 aliphatic carbocycles. The highest BCUT2D eigenvalue weighted by molar-refractivity contribution is 7.86. The molecule has 0 aliphatic rings. The first-order chi connectivity index (χ1) is 9.99. The molecule has 0 saturated heterocycles. The summed E-state index contributed by atoms with van der Waals surface area (Å²) in [6.07, 6.45) is 2.97. The number of carbonyl (C=O) groups is 1. The van der Waals surface area contributed by atoms with Crippen molar-refractivity contribution in [3.63, 3.8) is 0 Å². The molecule has 0 aromatic heterocycles. The highest BCUT2D eigenvalue weighted by atomic mass is 32.2. The molecule has 0 amide bonds. The van der Waals surface area contributed by atoms with Gasteiger partial charge in [-0.3, -0.25) is 8.98 Å². The van der Waals surface area contributed by atoms with Crippen LogP contribution in [0.2, 0.25) is 0 Å². The first kappa shape index (κ1) is 17.7. The van der Waals surface area contributed by atoms with Crippen LogP contribution < -0.4 is 4.74 Å². The monoisotopic (exact) mass is 314 g/mol. The van der Waals surface area contributed by atoms with Crippen molar-refractivity contribution in [2.45, 2.75) is 44.4 Å². The average Bonchev–Trinajstić information content (AvgIpc) is 2.46. The molecule has 1 aromatic rings. The summed E-state index contributed by atoms with van der Waals surface area (Å²) < 4.78 is 34.0. The van der Waals surface area contributed by atoms with Gasteiger partial charge in [0.25, 0.3) is 10.1 Å². The summed E-state index contributed by atoms with van der Waals surface area (Å²) in [4.78, 5) is 11.3. The van der Waals surface area contributed by atoms with E-state index >= 15 is 0 Å². The number of ketones is 1. The average molecular weight is 314 g/mol. The Kier molecular flexibility index (Phi) is 7.39. The Balaban J connectivity index is 2.60. The molecule has 0 aliphatic heterocycles. The summed E-state index contributed by atoms with van der Waals surface area (Å²) >= 11 is 0. The number of rotatable bonds is 10. The van der Waals surface area contributed by atoms with Crippen molar-refractivity contribution in [3.8, 4) is 5.75 Å². The van der Waals surface area contributed by atoms with E-state index in [4.69, 9.17) is 8.92 Å². The topological polar surface area (TPSA) is 69.7 Å². The number of unbranched alkanes of at least 4 members (excludes halogenated alkanes) is 1. The van der Waals surface area contributed by atoms with Gasteiger partial charge in [0.05, 0.1) is 11.5 Å². The van der Waals surface area contributed by atoms with E-state index in [2.05, 4.69) is 6.92 Å². The summed E-state index contributed by atoms with van der Waals surface area (Å²) in [6.45, 7) is 4.11. The molecule has 0 saturated carbocycles. The van der Waals surface area contributed by atoms with Crippen LogP contribution in [0.25, 0.3) is 0 Å². The Morgan fingerprint density at radius 1 is 1.10 bits per heavy atom. The predicted octanol–water partition coefficient (Wildman–Crippen LogP) is 2.94. The van der Waals surface area contributed by atoms with Crippen LogP contribution >= 0.6 is 0 Å². The largest absolute Gasteiger partial charge is 0.494 e. The fourth-order valence-corrected chi connectivity index (χ4v) is 2.49. The minimum atomic E-state index is -3.89. The fourth-order valence-electron chi connectivity index (χ4n) is 1.60. The fraction of sp³-hybridized carbons (Fsp3) is 0.533. The van der Waals surface area contributed by atoms with Gasteiger partial charge in [0.15, 0.2) is 5.78 Å². The minimum Gasteiger partial charge on any atom is -0.494 e. The van der Waals surface area contributed by atoms with Crippen LogP contribution in [0, 0.1) is 0 Å². The van der Waals surface area contributed by atoms with E-state index in [1.165, 1.54) is 12.1 Å². The minimum absolute atomic E-state index is 0.0228. The molecule has 0 atom stereocenters. The van der Waals surface area contributed by atoms with Gasteiger partial charge in [-0.15, -0.1) is 0 Å². The lowest BCUT2D eigenvalue weighted by atomic mass is 10.2. The molecule has 1 aromatic carbocycles. The van der Waals surface area contributed by atoms with Crippen molar-refractivity contribution in [1.82, 2.24) is 0 Å². The van der Waals surface area contributed by atoms with Crippen LogP contribution in [-0.2, 0) is 19.1 Å². The second-order valence-corrected chi connectivity index (χ2v) is 6.29. The van der Waals surface area contributed by atoms with Crippen LogP contribution in [0.15, 0.2) is 29.2 Å². The zero-order valence-corrected chi connectivity index (χ0v) is 13.3. The third-order valence-corrected chi connectivity index (χ3v) is 4.06. The maximum Gasteiger partial charge on any atom is 0.297 e. The van der Waals surface area contributed by atoms with Gasteiger partial charge < -0.3 is 4.74 Å². The van der Waals surface area contributed by atoms with E-state index in [1.54, 1.807) is 12.1 Å². The van der Waals surface area contributed by atoms with Crippen molar-refractivity contribution >= 4 is 15.9 Å². The quantitative estimate of drug-likeness (QED) is 0.490. The van der Waals surface area contributed by atoms with E-state index in [9.17, 15) is 13.2 Å². The summed E-state index contributed by atoms with van der Waals surface area (Å²) in [5.41, 5.74) is 0. The van der Waals surface area contributed by atoms with Gasteiger partial charge >= 0.3 is 0 Å². The molecule has 6 heteroatoms. The van der Waals surface area contributed by atoms with Crippen LogP contribution in [0.4, 0.5) is 0 Å². The molecule has 5 nitrogen and oxygen atoms in total. The lowest BCUT2D eigenvalue weighted by Crippen LogP contribution is -2.14. The lowest BCUT2D eigenvalue weighted by molar-refractivity contribution is -0.121. The van der Waals surface area contributed by atoms with Gasteiger partial charge in [-0.2, -0.15) is 8.42 Å². The highest BCUT2D eigenvalue weighted by Crippen LogP contribution is 2.18. The predicted molar refractivity (Wildman–Crippen MR) is 79.9 cm³/mol. The summed E-state index contributed by atoms with van der Waals surface area (Å²) in [5, 5.41) is 0. The molecule has 0 fully saturated rings. The molecule has 0 heterocycles. The smallest absolute Gasteiger partial charge is 0.297 e. The molecule has 118 valence electrons. The number of carbonyl (C=O) groups excluding carboxylic acids is 1. The second-order valence-electron chi connectivity index (χ2n) is 4.68. The number of benzene rings is 1. The normalized spacial score (nSPS) is 11.3. The third-order valence-electron chi connectivity index (χ3n) is 2.78. The molecule has 0 N–H and O–H groups in total. The highest BCUT2D eigenvalue weighted by Gasteiger charge is 2.16. The third kappa shape index (κ3) is 6.27. The zero-order valence-electron chi connectivity index (χ0n) is 12.5. The number of hydrogen-bond acceptors (Lipinski definition) is 5. The number of ether oxygens (including phenoxy) is 1. The molecule has 0 spiro atoms. The molecule has 0 bridgehead atoms. The van der Waals surface area contributed by atoms with Gasteiger partial charge in [-0.05, 0) is 37.1 Å². The van der Waals surface area contributed by atoms with Crippen LogP contribution in [0.5, 0.6) is 5.75 Å². The maximum absolute atomic E-state index is 11.9. The number of hydrogen-bond donors (Lipinski definition) is 0. The first-order valence-electron chi connectivity index (χ1n) is 7.13. The molecule has 21 heavy (non-hydrogen) atoms. The van der Waals surface area contributed by atoms with Gasteiger partial charge in [-0.25, -0.2) is 0 Å². The Labute approximate surface area is 126 Å². The molecule has 0 unspecified atom stereocenters. The van der Waals surface area contributed by atoms with E-state index in [1.807, 2.05) is 6.92 Å². The summed E-state index contributed by atoms with van der Waals surface area (Å²) in [7, 11) is -3.89. The van der Waals surface area contributed by atoms with Gasteiger partial charge in [0.2, 0.25) is 0 Å². The molecular formula is C15H22O5S. The van der Waals surface area contributed by atoms with Crippen LogP contribution in [0.1, 0.15) is 39.5 Å². The molecule has 1 rings (SSSR count). The molecule has 0 radical (unpaired) electrons. The SMILES string of the molecule is CCCCOc1ccc(S(=O)(=O)OCC(=O)CCC)cc1. The van der Waals surface area contributed by atoms with Gasteiger partial charge in [0.1, 0.15) is 12.4 Å². The number of Topliss-reactive ketones (excluding diaryl/α,β-unsaturated/α-hetero) is 1. The first-order valence-corrected chi connectivity index (χ1v) is 8.54. The van der Waals surface area contributed by atoms with Crippen molar-refractivity contribution < 1.29 is 22.1 Å². The van der Waals surface area contributed by atoms with Gasteiger partial charge in [-0.1, -0.05) is 20.3 Å². The van der Waals surface area contributed by atoms with Gasteiger partial charge in [0, 0.05) is 6.42 Å². The Morgan fingerprint density at radius 3 is 2.33 bits per heavy atom. The van der Waals surface area contributed by atoms with E-state index in [-0.39, 0.29) is 10.7 Å². The van der Waals surface area contributed by atoms with E-state index < -0.39 is 16.7 Å². The Morgan fingerprint density at radius 2 is 1.76 bits per heavy atom. The summed E-state index contributed by atoms with van der Waals surface area (Å²) in [6, 6.07) is 6.00. The Hall–Kier alpha value is -1.40. The van der Waals surface area contributed by atoms with Crippen molar-refractivity contribution in [3.05, 3.63) is 24.3 Å². The van der Waals surface area contributed by atoms with Crippen LogP contribution in [-0.4, -0.2) is 27.4 Å². The molecular weight excluding hydrogens is 292 g/mol.